The van der Waals surface area contributed by atoms with Crippen molar-refractivity contribution in [1.82, 2.24) is 9.55 Å². The van der Waals surface area contributed by atoms with Gasteiger partial charge in [-0.3, -0.25) is 9.79 Å². The number of aliphatic imine (C=N–C) groups is 1. The maximum absolute atomic E-state index is 13.0. The average Bonchev–Trinajstić information content (AvgIpc) is 3.28. The van der Waals surface area contributed by atoms with E-state index in [-0.39, 0.29) is 11.4 Å². The fourth-order valence-corrected chi connectivity index (χ4v) is 4.65. The molecule has 2 aromatic heterocycles. The molecule has 1 aliphatic rings. The summed E-state index contributed by atoms with van der Waals surface area (Å²) in [5.41, 5.74) is 3.79. The number of pyridine rings is 1. The topological polar surface area (TPSA) is 67.5 Å². The molecule has 2 heterocycles. The van der Waals surface area contributed by atoms with E-state index in [1.807, 2.05) is 30.3 Å². The van der Waals surface area contributed by atoms with Crippen LogP contribution < -0.4 is 5.56 Å². The summed E-state index contributed by atoms with van der Waals surface area (Å²) in [6.45, 7) is 0. The van der Waals surface area contributed by atoms with Gasteiger partial charge in [0.05, 0.1) is 11.3 Å². The highest BCUT2D eigenvalue weighted by Crippen LogP contribution is 2.31. The van der Waals surface area contributed by atoms with Crippen LogP contribution in [0, 0.1) is 0 Å². The second-order valence-electron chi connectivity index (χ2n) is 7.12. The minimum atomic E-state index is -0.290. The predicted molar refractivity (Wildman–Crippen MR) is 117 cm³/mol. The van der Waals surface area contributed by atoms with E-state index in [9.17, 15) is 9.90 Å². The predicted octanol–water partition coefficient (Wildman–Crippen LogP) is 4.78. The van der Waals surface area contributed by atoms with Crippen molar-refractivity contribution in [3.63, 3.8) is 0 Å². The lowest BCUT2D eigenvalue weighted by Gasteiger charge is -2.17. The number of rotatable bonds is 3. The first kappa shape index (κ1) is 17.8. The molecule has 5 rings (SSSR count). The van der Waals surface area contributed by atoms with Crippen LogP contribution in [0.3, 0.4) is 0 Å². The summed E-state index contributed by atoms with van der Waals surface area (Å²) in [5.74, 6) is -0.141. The van der Waals surface area contributed by atoms with Crippen LogP contribution in [0.15, 0.2) is 63.8 Å². The zero-order valence-electron chi connectivity index (χ0n) is 15.7. The van der Waals surface area contributed by atoms with Crippen molar-refractivity contribution in [2.75, 3.05) is 0 Å². The number of benzene rings is 2. The van der Waals surface area contributed by atoms with E-state index in [1.165, 1.54) is 39.9 Å². The first-order valence-corrected chi connectivity index (χ1v) is 10.5. The molecule has 0 unspecified atom stereocenters. The largest absolute Gasteiger partial charge is 0.494 e. The van der Waals surface area contributed by atoms with E-state index < -0.39 is 0 Å². The van der Waals surface area contributed by atoms with Crippen molar-refractivity contribution >= 4 is 34.0 Å². The highest BCUT2D eigenvalue weighted by molar-refractivity contribution is 7.12. The minimum Gasteiger partial charge on any atom is -0.494 e. The van der Waals surface area contributed by atoms with Gasteiger partial charge in [0, 0.05) is 28.6 Å². The van der Waals surface area contributed by atoms with Crippen LogP contribution in [0.1, 0.15) is 29.5 Å². The SMILES string of the molecule is O=c1c2ccccc2c(C=Nc2cccc3c2CCCC3)c(O)n1-c1nccs1. The number of fused-ring (bicyclic) bond motifs is 2. The lowest BCUT2D eigenvalue weighted by Crippen LogP contribution is -2.19. The molecule has 1 N–H and O–H groups in total. The molecule has 4 aromatic rings. The van der Waals surface area contributed by atoms with E-state index in [0.29, 0.717) is 21.5 Å². The van der Waals surface area contributed by atoms with Gasteiger partial charge in [0.15, 0.2) is 5.13 Å². The molecule has 1 aliphatic carbocycles. The second kappa shape index (κ2) is 7.29. The smallest absolute Gasteiger partial charge is 0.267 e. The quantitative estimate of drug-likeness (QED) is 0.502. The molecule has 29 heavy (non-hydrogen) atoms. The number of aromatic nitrogens is 2. The van der Waals surface area contributed by atoms with E-state index in [0.717, 1.165) is 18.5 Å². The van der Waals surface area contributed by atoms with Crippen molar-refractivity contribution in [3.05, 3.63) is 81.1 Å². The van der Waals surface area contributed by atoms with Gasteiger partial charge in [0.25, 0.3) is 5.56 Å². The monoisotopic (exact) mass is 401 g/mol. The number of aromatic hydroxyl groups is 1. The van der Waals surface area contributed by atoms with Crippen LogP contribution in [-0.2, 0) is 12.8 Å². The summed E-state index contributed by atoms with van der Waals surface area (Å²) in [5, 5.41) is 14.4. The number of nitrogens with zero attached hydrogens (tertiary/aromatic N) is 3. The van der Waals surface area contributed by atoms with Gasteiger partial charge in [-0.2, -0.15) is 0 Å². The Bertz CT molecular complexity index is 1290. The van der Waals surface area contributed by atoms with Crippen molar-refractivity contribution in [1.29, 1.82) is 0 Å². The van der Waals surface area contributed by atoms with Crippen LogP contribution >= 0.6 is 11.3 Å². The van der Waals surface area contributed by atoms with Gasteiger partial charge in [-0.15, -0.1) is 11.3 Å². The first-order valence-electron chi connectivity index (χ1n) is 9.65. The maximum atomic E-state index is 13.0. The molecule has 0 amide bonds. The van der Waals surface area contributed by atoms with Crippen LogP contribution in [-0.4, -0.2) is 20.9 Å². The summed E-state index contributed by atoms with van der Waals surface area (Å²) >= 11 is 1.30. The van der Waals surface area contributed by atoms with Gasteiger partial charge >= 0.3 is 0 Å². The Kier molecular flexibility index (Phi) is 4.48. The van der Waals surface area contributed by atoms with Gasteiger partial charge in [0.1, 0.15) is 0 Å². The summed E-state index contributed by atoms with van der Waals surface area (Å²) in [6, 6.07) is 13.5. The Labute approximate surface area is 171 Å². The normalized spacial score (nSPS) is 13.8. The molecule has 6 heteroatoms. The van der Waals surface area contributed by atoms with Gasteiger partial charge < -0.3 is 5.11 Å². The Hall–Kier alpha value is -3.25. The molecule has 0 bridgehead atoms. The Balaban J connectivity index is 1.72. The van der Waals surface area contributed by atoms with Crippen molar-refractivity contribution in [2.45, 2.75) is 25.7 Å². The molecule has 0 atom stereocenters. The number of hydrogen-bond donors (Lipinski definition) is 1. The van der Waals surface area contributed by atoms with Crippen LogP contribution in [0.4, 0.5) is 5.69 Å². The third-order valence-corrected chi connectivity index (χ3v) is 6.17. The van der Waals surface area contributed by atoms with Crippen LogP contribution in [0.25, 0.3) is 15.9 Å². The molecule has 0 saturated heterocycles. The van der Waals surface area contributed by atoms with Gasteiger partial charge in [-0.05, 0) is 48.9 Å². The molecule has 0 saturated carbocycles. The number of thiazole rings is 1. The van der Waals surface area contributed by atoms with Crippen molar-refractivity contribution in [3.8, 4) is 11.0 Å². The fourth-order valence-electron chi connectivity index (χ4n) is 4.01. The molecular formula is C23H19N3O2S. The van der Waals surface area contributed by atoms with E-state index in [2.05, 4.69) is 11.1 Å². The molecule has 0 aliphatic heterocycles. The molecular weight excluding hydrogens is 382 g/mol. The Morgan fingerprint density at radius 2 is 1.90 bits per heavy atom. The van der Waals surface area contributed by atoms with E-state index in [4.69, 9.17) is 4.99 Å². The van der Waals surface area contributed by atoms with Crippen LogP contribution in [0.5, 0.6) is 5.88 Å². The van der Waals surface area contributed by atoms with Gasteiger partial charge in [0.2, 0.25) is 5.88 Å². The van der Waals surface area contributed by atoms with Gasteiger partial charge in [-0.25, -0.2) is 9.55 Å². The zero-order chi connectivity index (χ0) is 19.8. The average molecular weight is 401 g/mol. The van der Waals surface area contributed by atoms with Crippen molar-refractivity contribution in [2.24, 2.45) is 4.99 Å². The third-order valence-electron chi connectivity index (χ3n) is 5.42. The Morgan fingerprint density at radius 1 is 1.07 bits per heavy atom. The number of aryl methyl sites for hydroxylation is 1. The molecule has 0 spiro atoms. The van der Waals surface area contributed by atoms with E-state index in [1.54, 1.807) is 23.9 Å². The maximum Gasteiger partial charge on any atom is 0.267 e. The van der Waals surface area contributed by atoms with Crippen LogP contribution in [0.2, 0.25) is 0 Å². The molecule has 2 aromatic carbocycles. The summed E-state index contributed by atoms with van der Waals surface area (Å²) in [7, 11) is 0. The summed E-state index contributed by atoms with van der Waals surface area (Å²) in [4.78, 5) is 21.9. The Morgan fingerprint density at radius 3 is 2.72 bits per heavy atom. The standard InChI is InChI=1S/C23H19N3O2S/c27-21-18-10-4-3-9-17(18)19(22(28)26(21)23-24-12-13-29-23)14-25-20-11-5-7-15-6-1-2-8-16(15)20/h3-5,7,9-14,28H,1-2,6,8H2. The van der Waals surface area contributed by atoms with Gasteiger partial charge in [-0.1, -0.05) is 30.3 Å². The lowest BCUT2D eigenvalue weighted by molar-refractivity contribution is 0.436. The molecule has 5 nitrogen and oxygen atoms in total. The molecule has 0 radical (unpaired) electrons. The van der Waals surface area contributed by atoms with E-state index >= 15 is 0 Å². The molecule has 144 valence electrons. The summed E-state index contributed by atoms with van der Waals surface area (Å²) < 4.78 is 1.26. The highest BCUT2D eigenvalue weighted by atomic mass is 32.1. The lowest BCUT2D eigenvalue weighted by atomic mass is 9.90. The second-order valence-corrected chi connectivity index (χ2v) is 7.99. The minimum absolute atomic E-state index is 0.141. The summed E-state index contributed by atoms with van der Waals surface area (Å²) in [6.07, 6.45) is 7.78. The first-order chi connectivity index (χ1) is 14.2. The number of hydrogen-bond acceptors (Lipinski definition) is 5. The third kappa shape index (κ3) is 3.06. The highest BCUT2D eigenvalue weighted by Gasteiger charge is 2.18. The fraction of sp³-hybridized carbons (Fsp3) is 0.174. The van der Waals surface area contributed by atoms with Crippen molar-refractivity contribution < 1.29 is 5.11 Å². The zero-order valence-corrected chi connectivity index (χ0v) is 16.5. The molecule has 0 fully saturated rings.